The Hall–Kier alpha value is -3.97. The molecule has 0 fully saturated rings. The number of aliphatic hydroxyl groups excluding tert-OH is 1. The van der Waals surface area contributed by atoms with E-state index < -0.39 is 60.4 Å². The first-order valence-electron chi connectivity index (χ1n) is 10.9. The average molecular weight is 491 g/mol. The molecule has 190 valence electrons. The zero-order valence-electron chi connectivity index (χ0n) is 19.1. The molecule has 1 aromatic carbocycles. The summed E-state index contributed by atoms with van der Waals surface area (Å²) in [6, 6.07) is 2.21. The largest absolute Gasteiger partial charge is 0.480 e. The topological polar surface area (TPSA) is 230 Å². The molecule has 13 heteroatoms. The molecule has 4 unspecified atom stereocenters. The fourth-order valence-electron chi connectivity index (χ4n) is 3.32. The van der Waals surface area contributed by atoms with Crippen LogP contribution in [-0.2, 0) is 30.4 Å². The molecule has 4 amide bonds. The lowest BCUT2D eigenvalue weighted by atomic mass is 10.0. The molecule has 2 aromatic rings. The fourth-order valence-corrected chi connectivity index (χ4v) is 3.32. The van der Waals surface area contributed by atoms with Gasteiger partial charge in [0.15, 0.2) is 0 Å². The number of rotatable bonds is 13. The number of para-hydroxylation sites is 1. The molecule has 0 bridgehead atoms. The van der Waals surface area contributed by atoms with Gasteiger partial charge in [-0.05, 0) is 25.0 Å². The zero-order valence-corrected chi connectivity index (χ0v) is 19.1. The summed E-state index contributed by atoms with van der Waals surface area (Å²) in [5.41, 5.74) is 12.2. The van der Waals surface area contributed by atoms with Gasteiger partial charge in [-0.3, -0.25) is 19.2 Å². The number of aromatic nitrogens is 1. The van der Waals surface area contributed by atoms with Crippen LogP contribution in [0.2, 0.25) is 0 Å². The number of carboxylic acid groups (broad SMARTS) is 1. The Morgan fingerprint density at radius 3 is 2.17 bits per heavy atom. The summed E-state index contributed by atoms with van der Waals surface area (Å²) in [4.78, 5) is 63.6. The van der Waals surface area contributed by atoms with Gasteiger partial charge >= 0.3 is 5.97 Å². The highest BCUT2D eigenvalue weighted by Gasteiger charge is 2.30. The molecule has 2 rings (SSSR count). The lowest BCUT2D eigenvalue weighted by Crippen LogP contribution is -2.58. The van der Waals surface area contributed by atoms with Gasteiger partial charge in [-0.15, -0.1) is 0 Å². The van der Waals surface area contributed by atoms with Crippen LogP contribution in [0.25, 0.3) is 10.9 Å². The van der Waals surface area contributed by atoms with Crippen molar-refractivity contribution in [2.24, 2.45) is 11.5 Å². The van der Waals surface area contributed by atoms with E-state index in [0.29, 0.717) is 5.56 Å². The zero-order chi connectivity index (χ0) is 26.1. The van der Waals surface area contributed by atoms with E-state index in [1.165, 1.54) is 6.92 Å². The predicted molar refractivity (Wildman–Crippen MR) is 125 cm³/mol. The van der Waals surface area contributed by atoms with Gasteiger partial charge in [0, 0.05) is 29.9 Å². The van der Waals surface area contributed by atoms with E-state index in [1.54, 1.807) is 12.3 Å². The number of hydrogen-bond donors (Lipinski definition) is 8. The number of fused-ring (bicyclic) bond motifs is 1. The normalized spacial score (nSPS) is 14.4. The summed E-state index contributed by atoms with van der Waals surface area (Å²) in [6.07, 6.45) is 1.25. The maximum atomic E-state index is 13.0. The Balaban J connectivity index is 2.31. The minimum atomic E-state index is -1.59. The lowest BCUT2D eigenvalue weighted by molar-refractivity contribution is -0.143. The van der Waals surface area contributed by atoms with Gasteiger partial charge in [0.2, 0.25) is 23.6 Å². The Labute approximate surface area is 200 Å². The molecule has 35 heavy (non-hydrogen) atoms. The van der Waals surface area contributed by atoms with Gasteiger partial charge in [-0.25, -0.2) is 4.79 Å². The third-order valence-corrected chi connectivity index (χ3v) is 5.26. The number of aliphatic carboxylic acids is 1. The van der Waals surface area contributed by atoms with Crippen LogP contribution >= 0.6 is 0 Å². The summed E-state index contributed by atoms with van der Waals surface area (Å²) in [5.74, 6) is -4.47. The molecular weight excluding hydrogens is 460 g/mol. The predicted octanol–water partition coefficient (Wildman–Crippen LogP) is -2.15. The minimum Gasteiger partial charge on any atom is -0.480 e. The Morgan fingerprint density at radius 1 is 0.971 bits per heavy atom. The highest BCUT2D eigenvalue weighted by Crippen LogP contribution is 2.19. The van der Waals surface area contributed by atoms with Crippen LogP contribution in [0.15, 0.2) is 30.5 Å². The van der Waals surface area contributed by atoms with Gasteiger partial charge in [-0.2, -0.15) is 0 Å². The first-order valence-corrected chi connectivity index (χ1v) is 10.9. The van der Waals surface area contributed by atoms with E-state index >= 15 is 0 Å². The first-order chi connectivity index (χ1) is 16.5. The average Bonchev–Trinajstić information content (AvgIpc) is 3.21. The summed E-state index contributed by atoms with van der Waals surface area (Å²) < 4.78 is 0. The number of carboxylic acids is 1. The SMILES string of the molecule is CC(N)C(=O)NC(CCC(N)=O)C(=O)NC(Cc1c[nH]c2ccccc12)C(=O)NC(CO)C(=O)O. The van der Waals surface area contributed by atoms with Crippen molar-refractivity contribution in [1.29, 1.82) is 0 Å². The number of aliphatic hydroxyl groups is 1. The highest BCUT2D eigenvalue weighted by molar-refractivity contribution is 5.95. The van der Waals surface area contributed by atoms with Gasteiger partial charge in [-0.1, -0.05) is 18.2 Å². The maximum Gasteiger partial charge on any atom is 0.328 e. The van der Waals surface area contributed by atoms with Crippen molar-refractivity contribution in [1.82, 2.24) is 20.9 Å². The van der Waals surface area contributed by atoms with E-state index in [2.05, 4.69) is 20.9 Å². The molecule has 0 aliphatic heterocycles. The van der Waals surface area contributed by atoms with Gasteiger partial charge < -0.3 is 42.6 Å². The van der Waals surface area contributed by atoms with Crippen molar-refractivity contribution in [2.45, 2.75) is 50.4 Å². The van der Waals surface area contributed by atoms with Crippen LogP contribution in [-0.4, -0.2) is 75.6 Å². The standard InChI is InChI=1S/C22H30N6O7/c1-11(23)19(31)26-15(6-7-18(24)30)20(32)27-16(21(33)28-17(10-29)22(34)35)8-12-9-25-14-5-3-2-4-13(12)14/h2-5,9,11,15-17,25,29H,6-8,10,23H2,1H3,(H2,24,30)(H,26,31)(H,27,32)(H,28,33)(H,34,35). The Morgan fingerprint density at radius 2 is 1.57 bits per heavy atom. The molecule has 0 saturated heterocycles. The third kappa shape index (κ3) is 7.79. The molecule has 0 saturated carbocycles. The molecule has 0 spiro atoms. The fraction of sp³-hybridized carbons (Fsp3) is 0.409. The number of amides is 4. The quantitative estimate of drug-likeness (QED) is 0.154. The van der Waals surface area contributed by atoms with Crippen molar-refractivity contribution in [3.63, 3.8) is 0 Å². The monoisotopic (exact) mass is 490 g/mol. The molecule has 0 aliphatic carbocycles. The number of H-pyrrole nitrogens is 1. The number of carbonyl (C=O) groups is 5. The van der Waals surface area contributed by atoms with E-state index in [1.807, 2.05) is 18.2 Å². The minimum absolute atomic E-state index is 0.0386. The molecular formula is C22H30N6O7. The van der Waals surface area contributed by atoms with Crippen LogP contribution in [0.3, 0.4) is 0 Å². The van der Waals surface area contributed by atoms with Crippen molar-refractivity contribution < 1.29 is 34.2 Å². The number of aromatic amines is 1. The molecule has 1 heterocycles. The smallest absolute Gasteiger partial charge is 0.328 e. The van der Waals surface area contributed by atoms with Crippen LogP contribution in [0, 0.1) is 0 Å². The van der Waals surface area contributed by atoms with Crippen LogP contribution < -0.4 is 27.4 Å². The Kier molecular flexibility index (Phi) is 9.73. The van der Waals surface area contributed by atoms with Gasteiger partial charge in [0.05, 0.1) is 12.6 Å². The van der Waals surface area contributed by atoms with Gasteiger partial charge in [0.1, 0.15) is 18.1 Å². The maximum absolute atomic E-state index is 13.0. The molecule has 13 nitrogen and oxygen atoms in total. The van der Waals surface area contributed by atoms with Crippen molar-refractivity contribution in [3.8, 4) is 0 Å². The number of benzene rings is 1. The highest BCUT2D eigenvalue weighted by atomic mass is 16.4. The van der Waals surface area contributed by atoms with E-state index in [9.17, 15) is 34.2 Å². The Bertz CT molecular complexity index is 1080. The van der Waals surface area contributed by atoms with Crippen LogP contribution in [0.1, 0.15) is 25.3 Å². The second-order valence-corrected chi connectivity index (χ2v) is 8.06. The summed E-state index contributed by atoms with van der Waals surface area (Å²) in [7, 11) is 0. The first kappa shape index (κ1) is 27.3. The van der Waals surface area contributed by atoms with E-state index in [4.69, 9.17) is 11.5 Å². The van der Waals surface area contributed by atoms with E-state index in [-0.39, 0.29) is 19.3 Å². The lowest BCUT2D eigenvalue weighted by Gasteiger charge is -2.24. The number of primary amides is 1. The number of carbonyl (C=O) groups excluding carboxylic acids is 4. The number of hydrogen-bond acceptors (Lipinski definition) is 7. The van der Waals surface area contributed by atoms with Crippen LogP contribution in [0.4, 0.5) is 0 Å². The van der Waals surface area contributed by atoms with Gasteiger partial charge in [0.25, 0.3) is 0 Å². The second-order valence-electron chi connectivity index (χ2n) is 8.06. The van der Waals surface area contributed by atoms with E-state index in [0.717, 1.165) is 10.9 Å². The number of nitrogens with one attached hydrogen (secondary N) is 4. The molecule has 10 N–H and O–H groups in total. The van der Waals surface area contributed by atoms with Crippen molar-refractivity contribution >= 4 is 40.5 Å². The number of nitrogens with two attached hydrogens (primary N) is 2. The molecule has 1 aromatic heterocycles. The third-order valence-electron chi connectivity index (χ3n) is 5.26. The molecule has 4 atom stereocenters. The summed E-state index contributed by atoms with van der Waals surface area (Å²) >= 11 is 0. The molecule has 0 aliphatic rings. The molecule has 0 radical (unpaired) electrons. The second kappa shape index (κ2) is 12.5. The van der Waals surface area contributed by atoms with Crippen molar-refractivity contribution in [3.05, 3.63) is 36.0 Å². The van der Waals surface area contributed by atoms with Crippen LogP contribution in [0.5, 0.6) is 0 Å². The van der Waals surface area contributed by atoms with Crippen molar-refractivity contribution in [2.75, 3.05) is 6.61 Å². The summed E-state index contributed by atoms with van der Waals surface area (Å²) in [5, 5.41) is 26.3. The summed E-state index contributed by atoms with van der Waals surface area (Å²) in [6.45, 7) is 0.549.